The highest BCUT2D eigenvalue weighted by Gasteiger charge is 2.21. The lowest BCUT2D eigenvalue weighted by molar-refractivity contribution is -0.254. The normalized spacial score (nSPS) is 11.2. The van der Waals surface area contributed by atoms with Crippen LogP contribution in [0.3, 0.4) is 0 Å². The van der Waals surface area contributed by atoms with Gasteiger partial charge < -0.3 is 19.2 Å². The van der Waals surface area contributed by atoms with Crippen LogP contribution in [0.25, 0.3) is 33.4 Å². The lowest BCUT2D eigenvalue weighted by Crippen LogP contribution is -2.23. The molecule has 0 atom stereocenters. The van der Waals surface area contributed by atoms with Crippen LogP contribution >= 0.6 is 0 Å². The molecule has 0 unspecified atom stereocenters. The summed E-state index contributed by atoms with van der Waals surface area (Å²) in [7, 11) is 7.91. The largest absolute Gasteiger partial charge is 0.545 e. The van der Waals surface area contributed by atoms with E-state index in [2.05, 4.69) is 0 Å². The fraction of sp³-hybridized carbons (Fsp3) is 0.231. The van der Waals surface area contributed by atoms with Crippen molar-refractivity contribution in [3.05, 3.63) is 70.6 Å². The van der Waals surface area contributed by atoms with Crippen molar-refractivity contribution in [2.24, 2.45) is 0 Å². The Morgan fingerprint density at radius 2 is 1.65 bits per heavy atom. The highest BCUT2D eigenvalue weighted by molar-refractivity contribution is 6.07. The zero-order chi connectivity index (χ0) is 22.4. The SMILES string of the molecule is Cc1cc(C(=O)[O-])c(-c2c3ccc(=[N+](C)C)cc-3oc3cc(N(C)C)ccc23)cc1C. The number of aryl methyl sites for hydroxylation is 2. The van der Waals surface area contributed by atoms with Crippen LogP contribution in [0.4, 0.5) is 5.69 Å². The van der Waals surface area contributed by atoms with E-state index in [0.29, 0.717) is 16.9 Å². The third kappa shape index (κ3) is 3.56. The van der Waals surface area contributed by atoms with E-state index in [1.54, 1.807) is 6.07 Å². The van der Waals surface area contributed by atoms with Gasteiger partial charge in [-0.15, -0.1) is 0 Å². The zero-order valence-corrected chi connectivity index (χ0v) is 18.7. The van der Waals surface area contributed by atoms with E-state index in [-0.39, 0.29) is 5.56 Å². The molecular weight excluding hydrogens is 388 g/mol. The molecule has 31 heavy (non-hydrogen) atoms. The maximum Gasteiger partial charge on any atom is 0.203 e. The number of anilines is 1. The van der Waals surface area contributed by atoms with Crippen LogP contribution in [0.2, 0.25) is 0 Å². The van der Waals surface area contributed by atoms with E-state index in [9.17, 15) is 9.90 Å². The first kappa shape index (κ1) is 20.7. The molecule has 0 saturated carbocycles. The molecule has 158 valence electrons. The number of carboxylic acids is 1. The summed E-state index contributed by atoms with van der Waals surface area (Å²) in [5, 5.41) is 13.9. The molecule has 0 amide bonds. The summed E-state index contributed by atoms with van der Waals surface area (Å²) in [4.78, 5) is 14.1. The smallest absolute Gasteiger partial charge is 0.203 e. The number of fused-ring (bicyclic) bond motifs is 2. The average Bonchev–Trinajstić information content (AvgIpc) is 2.72. The predicted octanol–water partition coefficient (Wildman–Crippen LogP) is 3.28. The van der Waals surface area contributed by atoms with Gasteiger partial charge in [0.05, 0.1) is 12.0 Å². The molecular formula is C26H26N2O3. The minimum absolute atomic E-state index is 0.185. The summed E-state index contributed by atoms with van der Waals surface area (Å²) < 4.78 is 8.34. The molecule has 1 aliphatic carbocycles. The van der Waals surface area contributed by atoms with Gasteiger partial charge in [0.2, 0.25) is 5.36 Å². The summed E-state index contributed by atoms with van der Waals surface area (Å²) in [5.74, 6) is -0.484. The topological polar surface area (TPSA) is 59.5 Å². The molecule has 1 aliphatic heterocycles. The molecule has 0 spiro atoms. The van der Waals surface area contributed by atoms with Crippen molar-refractivity contribution in [3.63, 3.8) is 0 Å². The minimum atomic E-state index is -1.19. The molecule has 2 aromatic rings. The van der Waals surface area contributed by atoms with Gasteiger partial charge in [0.25, 0.3) is 0 Å². The summed E-state index contributed by atoms with van der Waals surface area (Å²) in [5.41, 5.74) is 6.18. The van der Waals surface area contributed by atoms with Crippen molar-refractivity contribution in [1.29, 1.82) is 0 Å². The second-order valence-electron chi connectivity index (χ2n) is 8.40. The van der Waals surface area contributed by atoms with Crippen LogP contribution in [0.15, 0.2) is 52.9 Å². The fourth-order valence-electron chi connectivity index (χ4n) is 3.91. The number of hydrogen-bond acceptors (Lipinski definition) is 4. The Balaban J connectivity index is 2.21. The van der Waals surface area contributed by atoms with Gasteiger partial charge in [0.15, 0.2) is 0 Å². The number of carbonyl (C=O) groups excluding carboxylic acids is 1. The van der Waals surface area contributed by atoms with E-state index in [4.69, 9.17) is 4.42 Å². The summed E-state index contributed by atoms with van der Waals surface area (Å²) >= 11 is 0. The molecule has 5 nitrogen and oxygen atoms in total. The monoisotopic (exact) mass is 414 g/mol. The number of aromatic carboxylic acids is 1. The second kappa shape index (κ2) is 7.58. The average molecular weight is 415 g/mol. The van der Waals surface area contributed by atoms with Gasteiger partial charge in [0, 0.05) is 54.0 Å². The van der Waals surface area contributed by atoms with Gasteiger partial charge in [0.1, 0.15) is 25.4 Å². The highest BCUT2D eigenvalue weighted by Crippen LogP contribution is 2.42. The van der Waals surface area contributed by atoms with Gasteiger partial charge in [-0.1, -0.05) is 6.07 Å². The van der Waals surface area contributed by atoms with Crippen LogP contribution < -0.4 is 19.9 Å². The molecule has 2 aliphatic rings. The maximum atomic E-state index is 12.1. The molecule has 2 aromatic carbocycles. The first-order valence-corrected chi connectivity index (χ1v) is 10.2. The molecule has 0 fully saturated rings. The Kier molecular flexibility index (Phi) is 5.05. The van der Waals surface area contributed by atoms with E-state index in [1.807, 2.05) is 94.0 Å². The van der Waals surface area contributed by atoms with Gasteiger partial charge in [-0.05, 0) is 54.8 Å². The van der Waals surface area contributed by atoms with Gasteiger partial charge in [-0.2, -0.15) is 0 Å². The lowest BCUT2D eigenvalue weighted by atomic mass is 9.88. The van der Waals surface area contributed by atoms with Gasteiger partial charge in [-0.3, -0.25) is 0 Å². The van der Waals surface area contributed by atoms with Gasteiger partial charge >= 0.3 is 0 Å². The quantitative estimate of drug-likeness (QED) is 0.381. The Morgan fingerprint density at radius 3 is 2.29 bits per heavy atom. The molecule has 1 heterocycles. The molecule has 0 saturated heterocycles. The predicted molar refractivity (Wildman–Crippen MR) is 124 cm³/mol. The summed E-state index contributed by atoms with van der Waals surface area (Å²) in [6, 6.07) is 15.6. The van der Waals surface area contributed by atoms with Crippen LogP contribution in [-0.4, -0.2) is 34.2 Å². The van der Waals surface area contributed by atoms with Crippen LogP contribution in [-0.2, 0) is 0 Å². The van der Waals surface area contributed by atoms with E-state index in [0.717, 1.165) is 38.7 Å². The summed E-state index contributed by atoms with van der Waals surface area (Å²) in [6.07, 6.45) is 0. The Bertz CT molecular complexity index is 1380. The van der Waals surface area contributed by atoms with Gasteiger partial charge in [-0.25, -0.2) is 4.58 Å². The lowest BCUT2D eigenvalue weighted by Gasteiger charge is -2.21. The summed E-state index contributed by atoms with van der Waals surface area (Å²) in [6.45, 7) is 3.90. The number of rotatable bonds is 3. The molecule has 4 rings (SSSR count). The van der Waals surface area contributed by atoms with Crippen molar-refractivity contribution in [3.8, 4) is 22.5 Å². The van der Waals surface area contributed by atoms with E-state index in [1.165, 1.54) is 0 Å². The standard InChI is InChI=1S/C26H26N2O3/c1-15-11-21(22(26(29)30)12-16(15)2)25-19-9-7-17(27(3)4)13-23(19)31-24-14-18(28(5)6)8-10-20(24)25/h7-14H,1-6H3. The zero-order valence-electron chi connectivity index (χ0n) is 18.7. The Morgan fingerprint density at radius 1 is 0.935 bits per heavy atom. The molecule has 0 aromatic heterocycles. The third-order valence-corrected chi connectivity index (χ3v) is 5.84. The fourth-order valence-corrected chi connectivity index (χ4v) is 3.91. The number of carboxylic acid groups (broad SMARTS) is 1. The number of benzene rings is 3. The van der Waals surface area contributed by atoms with E-state index >= 15 is 0 Å². The first-order chi connectivity index (χ1) is 14.7. The van der Waals surface area contributed by atoms with Crippen LogP contribution in [0, 0.1) is 13.8 Å². The molecule has 0 bridgehead atoms. The minimum Gasteiger partial charge on any atom is -0.545 e. The maximum absolute atomic E-state index is 12.1. The van der Waals surface area contributed by atoms with Crippen LogP contribution in [0.1, 0.15) is 21.5 Å². The van der Waals surface area contributed by atoms with Crippen molar-refractivity contribution in [2.45, 2.75) is 13.8 Å². The third-order valence-electron chi connectivity index (χ3n) is 5.84. The Hall–Kier alpha value is -3.60. The second-order valence-corrected chi connectivity index (χ2v) is 8.40. The molecule has 0 radical (unpaired) electrons. The highest BCUT2D eigenvalue weighted by atomic mass is 16.4. The van der Waals surface area contributed by atoms with Crippen molar-refractivity contribution < 1.29 is 14.3 Å². The number of carbonyl (C=O) groups is 1. The number of nitrogens with zero attached hydrogens (tertiary/aromatic N) is 2. The van der Waals surface area contributed by atoms with Crippen molar-refractivity contribution >= 4 is 22.6 Å². The molecule has 5 heteroatoms. The van der Waals surface area contributed by atoms with Crippen LogP contribution in [0.5, 0.6) is 0 Å². The Labute approximate surface area is 181 Å². The van der Waals surface area contributed by atoms with Crippen molar-refractivity contribution in [2.75, 3.05) is 33.1 Å². The first-order valence-electron chi connectivity index (χ1n) is 10.2. The molecule has 0 N–H and O–H groups in total. The van der Waals surface area contributed by atoms with Crippen molar-refractivity contribution in [1.82, 2.24) is 4.58 Å². The number of hydrogen-bond donors (Lipinski definition) is 0. The van der Waals surface area contributed by atoms with E-state index < -0.39 is 5.97 Å².